The Morgan fingerprint density at radius 3 is 2.62 bits per heavy atom. The number of nitrogens with one attached hydrogen (secondary N) is 2. The molecule has 6 heteroatoms. The summed E-state index contributed by atoms with van der Waals surface area (Å²) in [5.74, 6) is 1.54. The topological polar surface area (TPSA) is 53.6 Å². The number of methoxy groups -OCH3 is 1. The quantitative estimate of drug-likeness (QED) is 0.782. The number of piperidine rings is 1. The number of amides is 2. The molecular weight excluding hydrogens is 346 g/mol. The maximum Gasteiger partial charge on any atom is 0.315 e. The molecule has 1 aliphatic rings. The molecule has 1 aromatic heterocycles. The minimum atomic E-state index is -0.116. The standard InChI is InChI=1S/C20H27N3O2S/c1-25-18-6-4-16(5-7-18)15-22-20(24)21-10-13-23-11-8-17(9-12-23)19-3-2-14-26-19/h2-7,14,17H,8-13,15H2,1H3,(H2,21,22,24). The molecule has 0 unspecified atom stereocenters. The number of hydrogen-bond acceptors (Lipinski definition) is 4. The van der Waals surface area contributed by atoms with Crippen molar-refractivity contribution in [1.29, 1.82) is 0 Å². The Bertz CT molecular complexity index is 665. The second-order valence-corrected chi connectivity index (χ2v) is 7.57. The first-order valence-electron chi connectivity index (χ1n) is 9.15. The molecule has 0 atom stereocenters. The summed E-state index contributed by atoms with van der Waals surface area (Å²) in [5, 5.41) is 8.00. The molecular formula is C20H27N3O2S. The Balaban J connectivity index is 1.29. The van der Waals surface area contributed by atoms with Gasteiger partial charge < -0.3 is 20.3 Å². The zero-order valence-electron chi connectivity index (χ0n) is 15.2. The van der Waals surface area contributed by atoms with Gasteiger partial charge in [0.15, 0.2) is 0 Å². The molecule has 1 saturated heterocycles. The molecule has 3 rings (SSSR count). The lowest BCUT2D eigenvalue weighted by atomic mass is 9.95. The lowest BCUT2D eigenvalue weighted by Gasteiger charge is -2.31. The molecule has 2 heterocycles. The Hall–Kier alpha value is -2.05. The van der Waals surface area contributed by atoms with Crippen LogP contribution in [0.25, 0.3) is 0 Å². The highest BCUT2D eigenvalue weighted by molar-refractivity contribution is 7.10. The number of carbonyl (C=O) groups excluding carboxylic acids is 1. The number of ether oxygens (including phenoxy) is 1. The van der Waals surface area contributed by atoms with Crippen molar-refractivity contribution in [1.82, 2.24) is 15.5 Å². The van der Waals surface area contributed by atoms with Gasteiger partial charge in [-0.2, -0.15) is 0 Å². The van der Waals surface area contributed by atoms with Crippen LogP contribution >= 0.6 is 11.3 Å². The summed E-state index contributed by atoms with van der Waals surface area (Å²) in [6, 6.07) is 12.0. The molecule has 0 saturated carbocycles. The molecule has 2 amide bonds. The first-order chi connectivity index (χ1) is 12.7. The number of hydrogen-bond donors (Lipinski definition) is 2. The largest absolute Gasteiger partial charge is 0.497 e. The predicted octanol–water partition coefficient (Wildman–Crippen LogP) is 3.44. The van der Waals surface area contributed by atoms with Crippen molar-refractivity contribution in [3.8, 4) is 5.75 Å². The zero-order chi connectivity index (χ0) is 18.2. The summed E-state index contributed by atoms with van der Waals surface area (Å²) in [6.07, 6.45) is 2.42. The Morgan fingerprint density at radius 1 is 1.19 bits per heavy atom. The summed E-state index contributed by atoms with van der Waals surface area (Å²) >= 11 is 1.87. The van der Waals surface area contributed by atoms with Crippen LogP contribution in [-0.2, 0) is 6.54 Å². The van der Waals surface area contributed by atoms with Crippen LogP contribution < -0.4 is 15.4 Å². The van der Waals surface area contributed by atoms with Gasteiger partial charge in [0.05, 0.1) is 7.11 Å². The lowest BCUT2D eigenvalue weighted by Crippen LogP contribution is -2.42. The summed E-state index contributed by atoms with van der Waals surface area (Å²) < 4.78 is 5.13. The predicted molar refractivity (Wildman–Crippen MR) is 106 cm³/mol. The molecule has 140 valence electrons. The number of likely N-dealkylation sites (tertiary alicyclic amines) is 1. The van der Waals surface area contributed by atoms with Crippen LogP contribution in [0.15, 0.2) is 41.8 Å². The monoisotopic (exact) mass is 373 g/mol. The van der Waals surface area contributed by atoms with Gasteiger partial charge in [-0.3, -0.25) is 0 Å². The molecule has 1 aliphatic heterocycles. The van der Waals surface area contributed by atoms with Gasteiger partial charge in [-0.15, -0.1) is 11.3 Å². The van der Waals surface area contributed by atoms with Crippen LogP contribution in [0.5, 0.6) is 5.75 Å². The van der Waals surface area contributed by atoms with Gasteiger partial charge in [-0.1, -0.05) is 18.2 Å². The van der Waals surface area contributed by atoms with E-state index < -0.39 is 0 Å². The highest BCUT2D eigenvalue weighted by Gasteiger charge is 2.20. The van der Waals surface area contributed by atoms with Crippen molar-refractivity contribution in [2.24, 2.45) is 0 Å². The number of benzene rings is 1. The summed E-state index contributed by atoms with van der Waals surface area (Å²) in [5.41, 5.74) is 1.05. The van der Waals surface area contributed by atoms with E-state index in [1.54, 1.807) is 7.11 Å². The van der Waals surface area contributed by atoms with E-state index in [1.165, 1.54) is 17.7 Å². The summed E-state index contributed by atoms with van der Waals surface area (Å²) in [7, 11) is 1.64. The van der Waals surface area contributed by atoms with E-state index >= 15 is 0 Å². The highest BCUT2D eigenvalue weighted by atomic mass is 32.1. The van der Waals surface area contributed by atoms with E-state index in [-0.39, 0.29) is 6.03 Å². The van der Waals surface area contributed by atoms with Crippen LogP contribution in [0.4, 0.5) is 4.79 Å². The number of urea groups is 1. The van der Waals surface area contributed by atoms with Crippen molar-refractivity contribution >= 4 is 17.4 Å². The van der Waals surface area contributed by atoms with Crippen LogP contribution in [0.1, 0.15) is 29.2 Å². The van der Waals surface area contributed by atoms with E-state index in [9.17, 15) is 4.79 Å². The van der Waals surface area contributed by atoms with Gasteiger partial charge in [0.2, 0.25) is 0 Å². The lowest BCUT2D eigenvalue weighted by molar-refractivity contribution is 0.209. The Kier molecular flexibility index (Phi) is 6.91. The molecule has 5 nitrogen and oxygen atoms in total. The van der Waals surface area contributed by atoms with Crippen LogP contribution in [0.3, 0.4) is 0 Å². The van der Waals surface area contributed by atoms with Crippen molar-refractivity contribution in [2.45, 2.75) is 25.3 Å². The van der Waals surface area contributed by atoms with Crippen molar-refractivity contribution < 1.29 is 9.53 Å². The fraction of sp³-hybridized carbons (Fsp3) is 0.450. The maximum absolute atomic E-state index is 11.9. The van der Waals surface area contributed by atoms with Crippen molar-refractivity contribution in [3.63, 3.8) is 0 Å². The molecule has 2 aromatic rings. The minimum absolute atomic E-state index is 0.116. The maximum atomic E-state index is 11.9. The van der Waals surface area contributed by atoms with Gasteiger partial charge in [-0.25, -0.2) is 4.79 Å². The normalized spacial score (nSPS) is 15.6. The van der Waals surface area contributed by atoms with Gasteiger partial charge in [0, 0.05) is 24.5 Å². The van der Waals surface area contributed by atoms with E-state index in [0.29, 0.717) is 19.0 Å². The smallest absolute Gasteiger partial charge is 0.315 e. The molecule has 0 radical (unpaired) electrons. The van der Waals surface area contributed by atoms with E-state index in [1.807, 2.05) is 35.6 Å². The number of rotatable bonds is 7. The fourth-order valence-electron chi connectivity index (χ4n) is 3.28. The van der Waals surface area contributed by atoms with E-state index in [2.05, 4.69) is 33.0 Å². The SMILES string of the molecule is COc1ccc(CNC(=O)NCCN2CCC(c3cccs3)CC2)cc1. The third kappa shape index (κ3) is 5.47. The Labute approximate surface area is 159 Å². The van der Waals surface area contributed by atoms with Crippen molar-refractivity contribution in [2.75, 3.05) is 33.3 Å². The average molecular weight is 374 g/mol. The zero-order valence-corrected chi connectivity index (χ0v) is 16.1. The summed E-state index contributed by atoms with van der Waals surface area (Å²) in [6.45, 7) is 4.32. The van der Waals surface area contributed by atoms with Gasteiger partial charge >= 0.3 is 6.03 Å². The van der Waals surface area contributed by atoms with E-state index in [4.69, 9.17) is 4.74 Å². The molecule has 0 spiro atoms. The second-order valence-electron chi connectivity index (χ2n) is 6.59. The number of thiophene rings is 1. The molecule has 26 heavy (non-hydrogen) atoms. The third-order valence-corrected chi connectivity index (χ3v) is 5.89. The molecule has 0 bridgehead atoms. The number of carbonyl (C=O) groups is 1. The van der Waals surface area contributed by atoms with Crippen LogP contribution in [0.2, 0.25) is 0 Å². The molecule has 1 aromatic carbocycles. The van der Waals surface area contributed by atoms with Crippen LogP contribution in [0, 0.1) is 0 Å². The van der Waals surface area contributed by atoms with Gasteiger partial charge in [0.25, 0.3) is 0 Å². The van der Waals surface area contributed by atoms with E-state index in [0.717, 1.165) is 30.9 Å². The van der Waals surface area contributed by atoms with Crippen LogP contribution in [-0.4, -0.2) is 44.2 Å². The first-order valence-corrected chi connectivity index (χ1v) is 10.0. The number of nitrogens with zero attached hydrogens (tertiary/aromatic N) is 1. The fourth-order valence-corrected chi connectivity index (χ4v) is 4.18. The Morgan fingerprint density at radius 2 is 1.96 bits per heavy atom. The molecule has 1 fully saturated rings. The second kappa shape index (κ2) is 9.59. The summed E-state index contributed by atoms with van der Waals surface area (Å²) in [4.78, 5) is 15.9. The van der Waals surface area contributed by atoms with Crippen molar-refractivity contribution in [3.05, 3.63) is 52.2 Å². The van der Waals surface area contributed by atoms with Gasteiger partial charge in [0.1, 0.15) is 5.75 Å². The molecule has 2 N–H and O–H groups in total. The highest BCUT2D eigenvalue weighted by Crippen LogP contribution is 2.30. The minimum Gasteiger partial charge on any atom is -0.497 e. The van der Waals surface area contributed by atoms with Gasteiger partial charge in [-0.05, 0) is 61.0 Å². The first kappa shape index (κ1) is 18.7. The molecule has 0 aliphatic carbocycles. The average Bonchev–Trinajstić information content (AvgIpc) is 3.22. The third-order valence-electron chi connectivity index (χ3n) is 4.86.